The van der Waals surface area contributed by atoms with Crippen molar-refractivity contribution in [2.75, 3.05) is 7.11 Å². The van der Waals surface area contributed by atoms with Gasteiger partial charge in [-0.05, 0) is 18.6 Å². The van der Waals surface area contributed by atoms with Gasteiger partial charge in [-0.15, -0.1) is 0 Å². The van der Waals surface area contributed by atoms with E-state index in [0.29, 0.717) is 5.75 Å². The van der Waals surface area contributed by atoms with Crippen molar-refractivity contribution in [3.8, 4) is 5.75 Å². The number of benzene rings is 2. The third-order valence-electron chi connectivity index (χ3n) is 3.13. The number of hydrogen-bond acceptors (Lipinski definition) is 3. The van der Waals surface area contributed by atoms with E-state index in [2.05, 4.69) is 4.72 Å². The number of methoxy groups -OCH3 is 1. The highest BCUT2D eigenvalue weighted by atomic mass is 35.5. The highest BCUT2D eigenvalue weighted by molar-refractivity contribution is 7.89. The Balaban J connectivity index is 2.33. The van der Waals surface area contributed by atoms with Gasteiger partial charge in [0.05, 0.1) is 17.2 Å². The summed E-state index contributed by atoms with van der Waals surface area (Å²) < 4.78 is 32.6. The van der Waals surface area contributed by atoms with Gasteiger partial charge in [0.15, 0.2) is 0 Å². The first-order valence-corrected chi connectivity index (χ1v) is 8.69. The third-order valence-corrected chi connectivity index (χ3v) is 5.43. The van der Waals surface area contributed by atoms with E-state index >= 15 is 0 Å². The standard InChI is InChI=1S/C15H15Cl2NO3S/c1-10(11-6-4-3-5-7-11)18-22(19,20)15-9-12(16)14(21-2)8-13(15)17/h3-10,18H,1-2H3. The number of hydrogen-bond donors (Lipinski definition) is 1. The van der Waals surface area contributed by atoms with Gasteiger partial charge in [0.2, 0.25) is 10.0 Å². The molecule has 0 saturated carbocycles. The van der Waals surface area contributed by atoms with Crippen molar-refractivity contribution in [1.82, 2.24) is 4.72 Å². The zero-order chi connectivity index (χ0) is 16.3. The molecule has 0 heterocycles. The van der Waals surface area contributed by atoms with Gasteiger partial charge in [-0.3, -0.25) is 0 Å². The van der Waals surface area contributed by atoms with Gasteiger partial charge in [0, 0.05) is 12.1 Å². The van der Waals surface area contributed by atoms with E-state index in [1.54, 1.807) is 6.92 Å². The Morgan fingerprint density at radius 1 is 1.09 bits per heavy atom. The maximum atomic E-state index is 12.5. The van der Waals surface area contributed by atoms with Crippen LogP contribution in [0.15, 0.2) is 47.4 Å². The second-order valence-corrected chi connectivity index (χ2v) is 7.17. The molecular formula is C15H15Cl2NO3S. The van der Waals surface area contributed by atoms with E-state index in [1.807, 2.05) is 30.3 Å². The molecule has 0 saturated heterocycles. The molecular weight excluding hydrogens is 345 g/mol. The number of sulfonamides is 1. The summed E-state index contributed by atoms with van der Waals surface area (Å²) in [5, 5.41) is 0.230. The highest BCUT2D eigenvalue weighted by Gasteiger charge is 2.23. The molecule has 0 radical (unpaired) electrons. The maximum Gasteiger partial charge on any atom is 0.242 e. The topological polar surface area (TPSA) is 55.4 Å². The summed E-state index contributed by atoms with van der Waals surface area (Å²) in [5.74, 6) is 0.321. The Hall–Kier alpha value is -1.27. The Kier molecular flexibility index (Phi) is 5.34. The molecule has 0 aliphatic heterocycles. The number of rotatable bonds is 5. The van der Waals surface area contributed by atoms with Gasteiger partial charge < -0.3 is 4.74 Å². The molecule has 118 valence electrons. The average molecular weight is 360 g/mol. The van der Waals surface area contributed by atoms with Crippen LogP contribution in [0.2, 0.25) is 10.0 Å². The van der Waals surface area contributed by atoms with Crippen LogP contribution in [0.1, 0.15) is 18.5 Å². The summed E-state index contributed by atoms with van der Waals surface area (Å²) in [4.78, 5) is -0.0808. The molecule has 22 heavy (non-hydrogen) atoms. The van der Waals surface area contributed by atoms with Crippen molar-refractivity contribution in [3.05, 3.63) is 58.1 Å². The molecule has 0 amide bonds. The zero-order valence-corrected chi connectivity index (χ0v) is 14.3. The monoisotopic (exact) mass is 359 g/mol. The van der Waals surface area contributed by atoms with Crippen LogP contribution in [0.4, 0.5) is 0 Å². The first-order valence-electron chi connectivity index (χ1n) is 6.45. The summed E-state index contributed by atoms with van der Waals surface area (Å²) >= 11 is 12.0. The van der Waals surface area contributed by atoms with E-state index in [9.17, 15) is 8.42 Å². The Labute approximate surface area is 140 Å². The van der Waals surface area contributed by atoms with Gasteiger partial charge in [0.25, 0.3) is 0 Å². The molecule has 2 aromatic rings. The van der Waals surface area contributed by atoms with E-state index in [0.717, 1.165) is 5.56 Å². The molecule has 1 N–H and O–H groups in total. The van der Waals surface area contributed by atoms with Crippen LogP contribution in [-0.2, 0) is 10.0 Å². The van der Waals surface area contributed by atoms with Crippen molar-refractivity contribution in [3.63, 3.8) is 0 Å². The molecule has 0 aliphatic carbocycles. The molecule has 7 heteroatoms. The van der Waals surface area contributed by atoms with E-state index in [-0.39, 0.29) is 14.9 Å². The predicted molar refractivity (Wildman–Crippen MR) is 88.2 cm³/mol. The summed E-state index contributed by atoms with van der Waals surface area (Å²) in [5.41, 5.74) is 0.849. The molecule has 2 rings (SSSR count). The van der Waals surface area contributed by atoms with Crippen LogP contribution in [0.3, 0.4) is 0 Å². The van der Waals surface area contributed by atoms with Gasteiger partial charge >= 0.3 is 0 Å². The van der Waals surface area contributed by atoms with Crippen LogP contribution in [0.25, 0.3) is 0 Å². The van der Waals surface area contributed by atoms with Gasteiger partial charge in [-0.2, -0.15) is 0 Å². The van der Waals surface area contributed by atoms with Crippen molar-refractivity contribution < 1.29 is 13.2 Å². The number of nitrogens with one attached hydrogen (secondary N) is 1. The Morgan fingerprint density at radius 2 is 1.73 bits per heavy atom. The fourth-order valence-corrected chi connectivity index (χ4v) is 4.06. The van der Waals surface area contributed by atoms with E-state index in [4.69, 9.17) is 27.9 Å². The summed E-state index contributed by atoms with van der Waals surface area (Å²) in [6.45, 7) is 1.76. The lowest BCUT2D eigenvalue weighted by atomic mass is 10.1. The summed E-state index contributed by atoms with van der Waals surface area (Å²) in [7, 11) is -2.38. The third kappa shape index (κ3) is 3.73. The van der Waals surface area contributed by atoms with Crippen molar-refractivity contribution in [2.45, 2.75) is 17.9 Å². The Morgan fingerprint density at radius 3 is 2.32 bits per heavy atom. The zero-order valence-electron chi connectivity index (χ0n) is 12.0. The summed E-state index contributed by atoms with van der Waals surface area (Å²) in [6.07, 6.45) is 0. The molecule has 0 spiro atoms. The lowest BCUT2D eigenvalue weighted by Crippen LogP contribution is -2.27. The van der Waals surface area contributed by atoms with E-state index < -0.39 is 16.1 Å². The molecule has 0 aromatic heterocycles. The molecule has 2 aromatic carbocycles. The largest absolute Gasteiger partial charge is 0.495 e. The van der Waals surface area contributed by atoms with Crippen molar-refractivity contribution in [1.29, 1.82) is 0 Å². The van der Waals surface area contributed by atoms with Gasteiger partial charge in [-0.25, -0.2) is 13.1 Å². The fourth-order valence-electron chi connectivity index (χ4n) is 1.98. The van der Waals surface area contributed by atoms with Crippen LogP contribution in [0.5, 0.6) is 5.75 Å². The Bertz CT molecular complexity index is 764. The first kappa shape index (κ1) is 17.1. The van der Waals surface area contributed by atoms with Crippen molar-refractivity contribution >= 4 is 33.2 Å². The van der Waals surface area contributed by atoms with Gasteiger partial charge in [-0.1, -0.05) is 53.5 Å². The quantitative estimate of drug-likeness (QED) is 0.876. The van der Waals surface area contributed by atoms with Crippen LogP contribution < -0.4 is 9.46 Å². The minimum absolute atomic E-state index is 0.0500. The molecule has 1 unspecified atom stereocenters. The molecule has 0 aliphatic rings. The minimum atomic E-state index is -3.81. The molecule has 0 fully saturated rings. The predicted octanol–water partition coefficient (Wildman–Crippen LogP) is 4.04. The summed E-state index contributed by atoms with van der Waals surface area (Å²) in [6, 6.07) is 11.5. The minimum Gasteiger partial charge on any atom is -0.495 e. The fraction of sp³-hybridized carbons (Fsp3) is 0.200. The van der Waals surface area contributed by atoms with E-state index in [1.165, 1.54) is 19.2 Å². The van der Waals surface area contributed by atoms with Crippen molar-refractivity contribution in [2.24, 2.45) is 0 Å². The molecule has 1 atom stereocenters. The average Bonchev–Trinajstić information content (AvgIpc) is 2.49. The van der Waals surface area contributed by atoms with Gasteiger partial charge in [0.1, 0.15) is 10.6 Å². The number of ether oxygens (including phenoxy) is 1. The normalized spacial score (nSPS) is 12.9. The highest BCUT2D eigenvalue weighted by Crippen LogP contribution is 2.33. The lowest BCUT2D eigenvalue weighted by molar-refractivity contribution is 0.414. The van der Waals surface area contributed by atoms with Crippen LogP contribution in [-0.4, -0.2) is 15.5 Å². The smallest absolute Gasteiger partial charge is 0.242 e. The lowest BCUT2D eigenvalue weighted by Gasteiger charge is -2.16. The molecule has 4 nitrogen and oxygen atoms in total. The first-order chi connectivity index (χ1) is 10.3. The maximum absolute atomic E-state index is 12.5. The SMILES string of the molecule is COc1cc(Cl)c(S(=O)(=O)NC(C)c2ccccc2)cc1Cl. The second kappa shape index (κ2) is 6.87. The van der Waals surface area contributed by atoms with Crippen LogP contribution >= 0.6 is 23.2 Å². The van der Waals surface area contributed by atoms with Crippen LogP contribution in [0, 0.1) is 0 Å². The molecule has 0 bridgehead atoms. The number of halogens is 2. The second-order valence-electron chi connectivity index (χ2n) is 4.67.